The first-order chi connectivity index (χ1) is 11.2. The highest BCUT2D eigenvalue weighted by atomic mass is 16.6. The van der Waals surface area contributed by atoms with E-state index in [2.05, 4.69) is 5.32 Å². The molecule has 0 aliphatic carbocycles. The maximum absolute atomic E-state index is 12.0. The lowest BCUT2D eigenvalue weighted by atomic mass is 10.1. The summed E-state index contributed by atoms with van der Waals surface area (Å²) in [6.07, 6.45) is 1.27. The quantitative estimate of drug-likeness (QED) is 0.695. The lowest BCUT2D eigenvalue weighted by Crippen LogP contribution is -2.12. The van der Waals surface area contributed by atoms with Crippen LogP contribution in [0.1, 0.15) is 17.4 Å². The molecule has 23 heavy (non-hydrogen) atoms. The second-order valence-corrected chi connectivity index (χ2v) is 5.01. The zero-order valence-electron chi connectivity index (χ0n) is 12.9. The average molecular weight is 311 g/mol. The van der Waals surface area contributed by atoms with Gasteiger partial charge >= 0.3 is 5.97 Å². The largest absolute Gasteiger partial charge is 0.493 e. The fourth-order valence-electron chi connectivity index (χ4n) is 2.39. The van der Waals surface area contributed by atoms with E-state index in [0.29, 0.717) is 17.2 Å². The van der Waals surface area contributed by atoms with Crippen molar-refractivity contribution in [1.82, 2.24) is 5.32 Å². The second kappa shape index (κ2) is 6.44. The highest BCUT2D eigenvalue weighted by molar-refractivity contribution is 5.95. The molecule has 0 unspecified atom stereocenters. The summed E-state index contributed by atoms with van der Waals surface area (Å²) in [6, 6.07) is 15.0. The Morgan fingerprint density at radius 3 is 2.48 bits per heavy atom. The summed E-state index contributed by atoms with van der Waals surface area (Å²) in [6.45, 7) is 0. The van der Waals surface area contributed by atoms with Gasteiger partial charge in [-0.2, -0.15) is 0 Å². The molecule has 1 N–H and O–H groups in total. The Balaban J connectivity index is 1.84. The minimum Gasteiger partial charge on any atom is -0.493 e. The third-order valence-electron chi connectivity index (χ3n) is 3.55. The number of rotatable bonds is 4. The first-order valence-corrected chi connectivity index (χ1v) is 7.17. The van der Waals surface area contributed by atoms with Crippen LogP contribution in [0.25, 0.3) is 6.08 Å². The summed E-state index contributed by atoms with van der Waals surface area (Å²) in [5.41, 5.74) is 2.12. The molecule has 5 heteroatoms. The predicted molar refractivity (Wildman–Crippen MR) is 85.9 cm³/mol. The summed E-state index contributed by atoms with van der Waals surface area (Å²) in [7, 11) is 3.15. The molecule has 1 fully saturated rings. The zero-order valence-corrected chi connectivity index (χ0v) is 12.9. The molecule has 1 aliphatic rings. The number of hydrogen-bond donors (Lipinski definition) is 1. The Bertz CT molecular complexity index is 740. The number of carbonyl (C=O) groups excluding carboxylic acids is 1. The molecule has 2 aromatic rings. The van der Waals surface area contributed by atoms with Crippen molar-refractivity contribution >= 4 is 12.0 Å². The van der Waals surface area contributed by atoms with E-state index in [1.807, 2.05) is 36.4 Å². The minimum atomic E-state index is -0.463. The van der Waals surface area contributed by atoms with Crippen LogP contribution >= 0.6 is 0 Å². The van der Waals surface area contributed by atoms with Crippen molar-refractivity contribution < 1.29 is 19.0 Å². The van der Waals surface area contributed by atoms with Gasteiger partial charge in [0.15, 0.2) is 17.7 Å². The number of ether oxygens (including phenoxy) is 3. The van der Waals surface area contributed by atoms with Gasteiger partial charge in [0, 0.05) is 5.56 Å². The van der Waals surface area contributed by atoms with Crippen molar-refractivity contribution in [1.29, 1.82) is 0 Å². The Morgan fingerprint density at radius 2 is 1.78 bits per heavy atom. The summed E-state index contributed by atoms with van der Waals surface area (Å²) in [4.78, 5) is 12.0. The topological polar surface area (TPSA) is 56.8 Å². The van der Waals surface area contributed by atoms with E-state index in [9.17, 15) is 4.79 Å². The van der Waals surface area contributed by atoms with Gasteiger partial charge in [-0.05, 0) is 23.8 Å². The molecule has 0 radical (unpaired) electrons. The van der Waals surface area contributed by atoms with E-state index in [1.165, 1.54) is 0 Å². The van der Waals surface area contributed by atoms with Gasteiger partial charge in [0.05, 0.1) is 14.2 Å². The first-order valence-electron chi connectivity index (χ1n) is 7.17. The van der Waals surface area contributed by atoms with Gasteiger partial charge in [-0.25, -0.2) is 4.79 Å². The number of benzene rings is 2. The molecule has 0 amide bonds. The van der Waals surface area contributed by atoms with E-state index in [1.54, 1.807) is 32.4 Å². The fourth-order valence-corrected chi connectivity index (χ4v) is 2.39. The van der Waals surface area contributed by atoms with Crippen LogP contribution in [0, 0.1) is 0 Å². The van der Waals surface area contributed by atoms with Crippen LogP contribution in [0.5, 0.6) is 11.5 Å². The molecule has 1 aliphatic heterocycles. The van der Waals surface area contributed by atoms with Crippen LogP contribution in [0.3, 0.4) is 0 Å². The van der Waals surface area contributed by atoms with E-state index in [0.717, 1.165) is 11.1 Å². The molecule has 1 saturated heterocycles. The Morgan fingerprint density at radius 1 is 1.04 bits per heavy atom. The normalized spacial score (nSPS) is 18.4. The molecular weight excluding hydrogens is 294 g/mol. The van der Waals surface area contributed by atoms with E-state index < -0.39 is 6.23 Å². The number of hydrogen-bond acceptors (Lipinski definition) is 5. The fraction of sp³-hybridized carbons (Fsp3) is 0.167. The highest BCUT2D eigenvalue weighted by Gasteiger charge is 2.28. The molecule has 3 rings (SSSR count). The van der Waals surface area contributed by atoms with Gasteiger partial charge in [-0.15, -0.1) is 0 Å². The van der Waals surface area contributed by atoms with Gasteiger partial charge in [-0.1, -0.05) is 36.4 Å². The van der Waals surface area contributed by atoms with E-state index >= 15 is 0 Å². The van der Waals surface area contributed by atoms with Crippen LogP contribution in [0.4, 0.5) is 0 Å². The standard InChI is InChI=1S/C18H17NO4/c1-21-15-9-8-12(11-16(15)22-2)10-14-18(20)23-17(19-14)13-6-4-3-5-7-13/h3-11,17,19H,1-2H3/b14-10-/t17-/m0/s1. The molecule has 1 atom stereocenters. The Hall–Kier alpha value is -2.95. The highest BCUT2D eigenvalue weighted by Crippen LogP contribution is 2.30. The maximum Gasteiger partial charge on any atom is 0.356 e. The second-order valence-electron chi connectivity index (χ2n) is 5.01. The SMILES string of the molecule is COc1ccc(/C=C2\N[C@H](c3ccccc3)OC2=O)cc1OC. The lowest BCUT2D eigenvalue weighted by molar-refractivity contribution is -0.139. The van der Waals surface area contributed by atoms with E-state index in [-0.39, 0.29) is 5.97 Å². The third kappa shape index (κ3) is 3.13. The Kier molecular flexibility index (Phi) is 4.19. The molecule has 0 saturated carbocycles. The Labute approximate surface area is 134 Å². The molecule has 1 heterocycles. The molecule has 2 aromatic carbocycles. The van der Waals surface area contributed by atoms with Crippen molar-refractivity contribution in [2.45, 2.75) is 6.23 Å². The number of carbonyl (C=O) groups is 1. The molecule has 0 aromatic heterocycles. The van der Waals surface area contributed by atoms with Crippen LogP contribution in [-0.2, 0) is 9.53 Å². The molecular formula is C18H17NO4. The van der Waals surface area contributed by atoms with Gasteiger partial charge in [0.1, 0.15) is 5.70 Å². The van der Waals surface area contributed by atoms with Crippen LogP contribution < -0.4 is 14.8 Å². The maximum atomic E-state index is 12.0. The van der Waals surface area contributed by atoms with Gasteiger partial charge < -0.3 is 19.5 Å². The monoisotopic (exact) mass is 311 g/mol. The zero-order chi connectivity index (χ0) is 16.2. The molecule has 0 bridgehead atoms. The summed E-state index contributed by atoms with van der Waals surface area (Å²) >= 11 is 0. The van der Waals surface area contributed by atoms with Crippen molar-refractivity contribution in [2.75, 3.05) is 14.2 Å². The summed E-state index contributed by atoms with van der Waals surface area (Å²) in [5.74, 6) is 0.861. The van der Waals surface area contributed by atoms with Gasteiger partial charge in [-0.3, -0.25) is 0 Å². The number of methoxy groups -OCH3 is 2. The van der Waals surface area contributed by atoms with Crippen LogP contribution in [0.2, 0.25) is 0 Å². The predicted octanol–water partition coefficient (Wildman–Crippen LogP) is 2.89. The third-order valence-corrected chi connectivity index (χ3v) is 3.55. The smallest absolute Gasteiger partial charge is 0.356 e. The van der Waals surface area contributed by atoms with E-state index in [4.69, 9.17) is 14.2 Å². The van der Waals surface area contributed by atoms with Crippen LogP contribution in [-0.4, -0.2) is 20.2 Å². The number of cyclic esters (lactones) is 1. The summed E-state index contributed by atoms with van der Waals surface area (Å²) in [5, 5.41) is 3.09. The lowest BCUT2D eigenvalue weighted by Gasteiger charge is -2.09. The minimum absolute atomic E-state index is 0.381. The van der Waals surface area contributed by atoms with Gasteiger partial charge in [0.2, 0.25) is 0 Å². The van der Waals surface area contributed by atoms with Crippen molar-refractivity contribution in [3.8, 4) is 11.5 Å². The average Bonchev–Trinajstić information content (AvgIpc) is 2.96. The summed E-state index contributed by atoms with van der Waals surface area (Å²) < 4.78 is 15.8. The molecule has 5 nitrogen and oxygen atoms in total. The van der Waals surface area contributed by atoms with Crippen molar-refractivity contribution in [3.05, 3.63) is 65.4 Å². The van der Waals surface area contributed by atoms with Crippen molar-refractivity contribution in [2.24, 2.45) is 0 Å². The number of esters is 1. The van der Waals surface area contributed by atoms with Gasteiger partial charge in [0.25, 0.3) is 0 Å². The molecule has 0 spiro atoms. The molecule has 118 valence electrons. The van der Waals surface area contributed by atoms with Crippen LogP contribution in [0.15, 0.2) is 54.2 Å². The first kappa shape index (κ1) is 15.0. The van der Waals surface area contributed by atoms with Crippen molar-refractivity contribution in [3.63, 3.8) is 0 Å². The number of nitrogens with one attached hydrogen (secondary N) is 1.